The number of hydrogen-bond donors (Lipinski definition) is 0. The molecule has 0 bridgehead atoms. The topological polar surface area (TPSA) is 4.93 Å². The van der Waals surface area contributed by atoms with Crippen LogP contribution in [-0.2, 0) is 58.2 Å². The molecule has 0 amide bonds. The third-order valence-corrected chi connectivity index (χ3v) is 17.6. The fraction of sp³-hybridized carbons (Fsp3) is 0.0333. The molecular weight excluding hydrogens is 1190 g/mol. The number of aromatic nitrogens is 1. The molecule has 0 fully saturated rings. The first-order valence-corrected chi connectivity index (χ1v) is 24.2. The zero-order valence-electron chi connectivity index (χ0n) is 35.7. The van der Waals surface area contributed by atoms with Gasteiger partial charge in [0.25, 0.3) is 0 Å². The SMILES string of the molecule is [Au+].[Au+].[C-]#Cc1ccc2c(c1)-c1ccccc1C2.[C-]#Cc1ccc2c(c1)c1ccccc1n2C.c1ccc([PH+](c2ccccc2)c2ccccc2[PH+](c2ccccc2)c2ccccc2)cc1. The summed E-state index contributed by atoms with van der Waals surface area (Å²) in [7, 11) is -0.212. The van der Waals surface area contributed by atoms with Crippen molar-refractivity contribution in [2.45, 2.75) is 6.42 Å². The van der Waals surface area contributed by atoms with Crippen molar-refractivity contribution in [1.82, 2.24) is 4.57 Å². The van der Waals surface area contributed by atoms with E-state index in [4.69, 9.17) is 12.8 Å². The molecule has 0 unspecified atom stereocenters. The summed E-state index contributed by atoms with van der Waals surface area (Å²) < 4.78 is 2.18. The number of aryl methyl sites for hydroxylation is 1. The van der Waals surface area contributed by atoms with Crippen LogP contribution in [0.15, 0.2) is 231 Å². The van der Waals surface area contributed by atoms with Crippen LogP contribution in [0.25, 0.3) is 32.9 Å². The van der Waals surface area contributed by atoms with Gasteiger partial charge in [-0.3, -0.25) is 11.8 Å². The smallest absolute Gasteiger partial charge is 0.366 e. The Hall–Kier alpha value is -5.76. The minimum Gasteiger partial charge on any atom is -0.366 e. The predicted octanol–water partition coefficient (Wildman–Crippen LogP) is 11.1. The summed E-state index contributed by atoms with van der Waals surface area (Å²) in [5.74, 6) is 4.87. The Morgan fingerprint density at radius 3 is 1.31 bits per heavy atom. The Bertz CT molecular complexity index is 3060. The van der Waals surface area contributed by atoms with Gasteiger partial charge < -0.3 is 17.4 Å². The summed E-state index contributed by atoms with van der Waals surface area (Å²) in [6, 6.07) is 82.3. The third kappa shape index (κ3) is 10.4. The van der Waals surface area contributed by atoms with E-state index in [1.54, 1.807) is 0 Å². The molecule has 320 valence electrons. The molecule has 0 saturated heterocycles. The van der Waals surface area contributed by atoms with Crippen molar-refractivity contribution in [3.8, 4) is 23.0 Å². The summed E-state index contributed by atoms with van der Waals surface area (Å²) >= 11 is 0. The molecule has 5 heteroatoms. The van der Waals surface area contributed by atoms with E-state index < -0.39 is 15.8 Å². The van der Waals surface area contributed by atoms with Crippen molar-refractivity contribution in [2.24, 2.45) is 7.05 Å². The van der Waals surface area contributed by atoms with E-state index in [-0.39, 0.29) is 44.8 Å². The van der Waals surface area contributed by atoms with Gasteiger partial charge in [0.2, 0.25) is 0 Å². The number of hydrogen-bond acceptors (Lipinski definition) is 0. The molecule has 9 aromatic carbocycles. The van der Waals surface area contributed by atoms with Gasteiger partial charge in [0.15, 0.2) is 0 Å². The van der Waals surface area contributed by atoms with Gasteiger partial charge in [-0.2, -0.15) is 0 Å². The second-order valence-electron chi connectivity index (χ2n) is 15.5. The normalized spacial score (nSPS) is 10.8. The zero-order valence-corrected chi connectivity index (χ0v) is 42.0. The molecule has 0 N–H and O–H groups in total. The van der Waals surface area contributed by atoms with E-state index >= 15 is 0 Å². The van der Waals surface area contributed by atoms with Crippen molar-refractivity contribution in [3.63, 3.8) is 0 Å². The molecule has 11 rings (SSSR count). The van der Waals surface area contributed by atoms with E-state index in [2.05, 4.69) is 212 Å². The molecule has 0 aliphatic heterocycles. The van der Waals surface area contributed by atoms with Gasteiger partial charge >= 0.3 is 44.8 Å². The van der Waals surface area contributed by atoms with Crippen molar-refractivity contribution < 1.29 is 44.8 Å². The van der Waals surface area contributed by atoms with Crippen LogP contribution in [0.4, 0.5) is 0 Å². The maximum Gasteiger partial charge on any atom is 1.00 e. The molecule has 1 aliphatic rings. The summed E-state index contributed by atoms with van der Waals surface area (Å²) in [4.78, 5) is 0. The largest absolute Gasteiger partial charge is 1.00 e. The summed E-state index contributed by atoms with van der Waals surface area (Å²) in [5.41, 5.74) is 9.41. The minimum absolute atomic E-state index is 0. The molecule has 1 heterocycles. The van der Waals surface area contributed by atoms with Crippen molar-refractivity contribution in [1.29, 1.82) is 0 Å². The molecule has 0 spiro atoms. The fourth-order valence-electron chi connectivity index (χ4n) is 8.74. The van der Waals surface area contributed by atoms with Crippen LogP contribution >= 0.6 is 15.8 Å². The van der Waals surface area contributed by atoms with Gasteiger partial charge in [-0.25, -0.2) is 0 Å². The predicted molar refractivity (Wildman–Crippen MR) is 274 cm³/mol. The van der Waals surface area contributed by atoms with Crippen LogP contribution in [0.5, 0.6) is 0 Å². The Kier molecular flexibility index (Phi) is 16.3. The number of nitrogens with zero attached hydrogens (tertiary/aromatic N) is 1. The average molecular weight is 1240 g/mol. The second kappa shape index (κ2) is 22.4. The maximum atomic E-state index is 7.18. The molecule has 0 atom stereocenters. The van der Waals surface area contributed by atoms with E-state index in [1.807, 2.05) is 42.5 Å². The van der Waals surface area contributed by atoms with Crippen LogP contribution < -0.4 is 31.8 Å². The van der Waals surface area contributed by atoms with E-state index in [1.165, 1.54) is 75.9 Å². The average Bonchev–Trinajstić information content (AvgIpc) is 3.87. The second-order valence-corrected chi connectivity index (χ2v) is 20.4. The number of rotatable bonds is 6. The third-order valence-electron chi connectivity index (χ3n) is 11.7. The first-order valence-electron chi connectivity index (χ1n) is 21.2. The molecule has 1 nitrogen and oxygen atoms in total. The first-order chi connectivity index (χ1) is 31.1. The van der Waals surface area contributed by atoms with E-state index in [0.717, 1.165) is 17.5 Å². The quantitative estimate of drug-likeness (QED) is 0.0677. The standard InChI is InChI=1S/C30H24P2.C15H10N.C15H9.2Au/c1-5-15-25(16-6-1)31(26-17-7-2-8-18-26)29-23-13-14-24-30(29)32(27-19-9-3-10-20-27)28-21-11-4-12-22-28;1-3-11-8-9-15-13(10-11)12-6-4-5-7-14(12)16(15)2;1-2-11-7-8-13-10-12-5-3-4-6-14(12)15(13)9-11;;/h1-24H;4-10H,2H3;3-9H,10H2;;/q;2*-1;2*+1/p+2. The van der Waals surface area contributed by atoms with Crippen molar-refractivity contribution in [2.75, 3.05) is 0 Å². The van der Waals surface area contributed by atoms with Crippen LogP contribution in [0.3, 0.4) is 0 Å². The van der Waals surface area contributed by atoms with Crippen LogP contribution in [-0.4, -0.2) is 4.57 Å². The van der Waals surface area contributed by atoms with Crippen LogP contribution in [0, 0.1) is 24.7 Å². The summed E-state index contributed by atoms with van der Waals surface area (Å²) in [6.07, 6.45) is 15.3. The zero-order chi connectivity index (χ0) is 43.0. The Morgan fingerprint density at radius 2 is 0.785 bits per heavy atom. The van der Waals surface area contributed by atoms with E-state index in [0.29, 0.717) is 0 Å². The van der Waals surface area contributed by atoms with Crippen molar-refractivity contribution >= 4 is 69.5 Å². The minimum atomic E-state index is -1.14. The van der Waals surface area contributed by atoms with Gasteiger partial charge in [-0.15, -0.1) is 35.4 Å². The molecule has 65 heavy (non-hydrogen) atoms. The molecule has 10 aromatic rings. The monoisotopic (exact) mass is 1240 g/mol. The number of benzene rings is 9. The Morgan fingerprint density at radius 1 is 0.385 bits per heavy atom. The van der Waals surface area contributed by atoms with Gasteiger partial charge in [-0.1, -0.05) is 140 Å². The Balaban J connectivity index is 0.000000160. The van der Waals surface area contributed by atoms with Gasteiger partial charge in [0, 0.05) is 23.5 Å². The van der Waals surface area contributed by atoms with E-state index in [9.17, 15) is 0 Å². The van der Waals surface area contributed by atoms with Crippen LogP contribution in [0.2, 0.25) is 0 Å². The van der Waals surface area contributed by atoms with Gasteiger partial charge in [0.05, 0.1) is 0 Å². The molecule has 1 aromatic heterocycles. The van der Waals surface area contributed by atoms with Crippen molar-refractivity contribution in [3.05, 3.63) is 266 Å². The maximum absolute atomic E-state index is 7.18. The Labute approximate surface area is 417 Å². The fourth-order valence-corrected chi connectivity index (χ4v) is 14.7. The molecule has 0 saturated carbocycles. The molecule has 1 aliphatic carbocycles. The first kappa shape index (κ1) is 47.2. The number of fused-ring (bicyclic) bond motifs is 6. The molecule has 0 radical (unpaired) electrons. The van der Waals surface area contributed by atoms with Gasteiger partial charge in [-0.05, 0) is 101 Å². The summed E-state index contributed by atoms with van der Waals surface area (Å²) in [5, 5.41) is 11.1. The van der Waals surface area contributed by atoms with Gasteiger partial charge in [0.1, 0.15) is 47.7 Å². The van der Waals surface area contributed by atoms with Crippen LogP contribution in [0.1, 0.15) is 22.3 Å². The summed E-state index contributed by atoms with van der Waals surface area (Å²) in [6.45, 7) is 0. The molecular formula is C60H45Au2NP2+2. The number of para-hydroxylation sites is 1.